The highest BCUT2D eigenvalue weighted by Gasteiger charge is 2.18. The summed E-state index contributed by atoms with van der Waals surface area (Å²) < 4.78 is 0. The number of para-hydroxylation sites is 1. The Morgan fingerprint density at radius 2 is 1.65 bits per heavy atom. The van der Waals surface area contributed by atoms with E-state index in [4.69, 9.17) is 0 Å². The van der Waals surface area contributed by atoms with Crippen molar-refractivity contribution in [2.75, 3.05) is 36.0 Å². The summed E-state index contributed by atoms with van der Waals surface area (Å²) in [6.07, 6.45) is 1.77. The standard InChI is InChI=1S/C16H19N3O/c20-13-14-6-7-17-16(12-14)19-10-8-18(9-11-19)15-4-2-1-3-5-15/h1-7,12,20H,8-11,13H2. The molecule has 1 aromatic heterocycles. The molecule has 0 radical (unpaired) electrons. The zero-order valence-electron chi connectivity index (χ0n) is 11.4. The normalized spacial score (nSPS) is 15.4. The molecule has 1 fully saturated rings. The number of aromatic nitrogens is 1. The predicted molar refractivity (Wildman–Crippen MR) is 81.0 cm³/mol. The average molecular weight is 269 g/mol. The predicted octanol–water partition coefficient (Wildman–Crippen LogP) is 1.90. The molecule has 1 aliphatic rings. The maximum atomic E-state index is 9.20. The zero-order chi connectivity index (χ0) is 13.8. The maximum Gasteiger partial charge on any atom is 0.128 e. The molecule has 0 bridgehead atoms. The van der Waals surface area contributed by atoms with Crippen LogP contribution in [0.1, 0.15) is 5.56 Å². The minimum absolute atomic E-state index is 0.0689. The van der Waals surface area contributed by atoms with Crippen LogP contribution in [0, 0.1) is 0 Å². The van der Waals surface area contributed by atoms with E-state index in [1.54, 1.807) is 6.20 Å². The van der Waals surface area contributed by atoms with Gasteiger partial charge in [-0.05, 0) is 29.8 Å². The molecule has 0 aliphatic carbocycles. The van der Waals surface area contributed by atoms with Gasteiger partial charge < -0.3 is 14.9 Å². The fourth-order valence-electron chi connectivity index (χ4n) is 2.56. The van der Waals surface area contributed by atoms with Crippen LogP contribution in [-0.2, 0) is 6.61 Å². The van der Waals surface area contributed by atoms with Gasteiger partial charge in [0.1, 0.15) is 5.82 Å². The zero-order valence-corrected chi connectivity index (χ0v) is 11.4. The maximum absolute atomic E-state index is 9.20. The van der Waals surface area contributed by atoms with Crippen molar-refractivity contribution >= 4 is 11.5 Å². The molecule has 4 nitrogen and oxygen atoms in total. The Morgan fingerprint density at radius 1 is 0.950 bits per heavy atom. The van der Waals surface area contributed by atoms with E-state index < -0.39 is 0 Å². The molecule has 0 amide bonds. The molecule has 2 heterocycles. The Morgan fingerprint density at radius 3 is 2.35 bits per heavy atom. The number of nitrogens with zero attached hydrogens (tertiary/aromatic N) is 3. The molecule has 0 atom stereocenters. The highest BCUT2D eigenvalue weighted by atomic mass is 16.3. The molecule has 1 saturated heterocycles. The van der Waals surface area contributed by atoms with E-state index in [9.17, 15) is 5.11 Å². The summed E-state index contributed by atoms with van der Waals surface area (Å²) in [6, 6.07) is 14.3. The van der Waals surface area contributed by atoms with Gasteiger partial charge in [0.05, 0.1) is 6.61 Å². The van der Waals surface area contributed by atoms with Crippen molar-refractivity contribution in [3.63, 3.8) is 0 Å². The van der Waals surface area contributed by atoms with E-state index in [2.05, 4.69) is 39.0 Å². The van der Waals surface area contributed by atoms with Gasteiger partial charge in [0, 0.05) is 38.1 Å². The summed E-state index contributed by atoms with van der Waals surface area (Å²) >= 11 is 0. The third kappa shape index (κ3) is 2.75. The fraction of sp³-hybridized carbons (Fsp3) is 0.312. The van der Waals surface area contributed by atoms with Crippen LogP contribution in [0.5, 0.6) is 0 Å². The Hall–Kier alpha value is -2.07. The third-order valence-corrected chi connectivity index (χ3v) is 3.72. The first-order valence-electron chi connectivity index (χ1n) is 6.97. The molecule has 0 spiro atoms. The van der Waals surface area contributed by atoms with Gasteiger partial charge in [-0.2, -0.15) is 0 Å². The monoisotopic (exact) mass is 269 g/mol. The van der Waals surface area contributed by atoms with E-state index in [0.717, 1.165) is 37.6 Å². The Bertz CT molecular complexity index is 551. The molecule has 0 saturated carbocycles. The lowest BCUT2D eigenvalue weighted by Crippen LogP contribution is -2.46. The van der Waals surface area contributed by atoms with Gasteiger partial charge in [-0.25, -0.2) is 4.98 Å². The van der Waals surface area contributed by atoms with Crippen LogP contribution in [-0.4, -0.2) is 36.3 Å². The van der Waals surface area contributed by atoms with Crippen LogP contribution in [0.25, 0.3) is 0 Å². The second-order valence-corrected chi connectivity index (χ2v) is 4.99. The number of benzene rings is 1. The lowest BCUT2D eigenvalue weighted by atomic mass is 10.2. The first kappa shape index (κ1) is 12.9. The van der Waals surface area contributed by atoms with Crippen LogP contribution in [0.3, 0.4) is 0 Å². The minimum atomic E-state index is 0.0689. The van der Waals surface area contributed by atoms with Gasteiger partial charge in [-0.1, -0.05) is 18.2 Å². The minimum Gasteiger partial charge on any atom is -0.392 e. The van der Waals surface area contributed by atoms with Gasteiger partial charge in [0.15, 0.2) is 0 Å². The summed E-state index contributed by atoms with van der Waals surface area (Å²) in [5, 5.41) is 9.20. The highest BCUT2D eigenvalue weighted by molar-refractivity contribution is 5.49. The van der Waals surface area contributed by atoms with Crippen molar-refractivity contribution in [1.29, 1.82) is 0 Å². The van der Waals surface area contributed by atoms with Gasteiger partial charge in [0.25, 0.3) is 0 Å². The van der Waals surface area contributed by atoms with Gasteiger partial charge in [-0.3, -0.25) is 0 Å². The summed E-state index contributed by atoms with van der Waals surface area (Å²) in [5.41, 5.74) is 2.20. The number of aliphatic hydroxyl groups excluding tert-OH is 1. The largest absolute Gasteiger partial charge is 0.392 e. The molecule has 1 N–H and O–H groups in total. The highest BCUT2D eigenvalue weighted by Crippen LogP contribution is 2.19. The Balaban J connectivity index is 1.66. The number of piperazine rings is 1. The number of rotatable bonds is 3. The second kappa shape index (κ2) is 5.92. The molecule has 3 rings (SSSR count). The fourth-order valence-corrected chi connectivity index (χ4v) is 2.56. The average Bonchev–Trinajstić information content (AvgIpc) is 2.56. The van der Waals surface area contributed by atoms with E-state index in [1.165, 1.54) is 5.69 Å². The van der Waals surface area contributed by atoms with Gasteiger partial charge in [0.2, 0.25) is 0 Å². The number of anilines is 2. The van der Waals surface area contributed by atoms with E-state index in [1.807, 2.05) is 18.2 Å². The van der Waals surface area contributed by atoms with E-state index in [-0.39, 0.29) is 6.61 Å². The van der Waals surface area contributed by atoms with Crippen molar-refractivity contribution in [2.24, 2.45) is 0 Å². The van der Waals surface area contributed by atoms with Gasteiger partial charge >= 0.3 is 0 Å². The summed E-state index contributed by atoms with van der Waals surface area (Å²) in [4.78, 5) is 9.08. The quantitative estimate of drug-likeness (QED) is 0.924. The first-order chi connectivity index (χ1) is 9.86. The number of hydrogen-bond donors (Lipinski definition) is 1. The summed E-state index contributed by atoms with van der Waals surface area (Å²) in [5.74, 6) is 0.962. The summed E-state index contributed by atoms with van der Waals surface area (Å²) in [6.45, 7) is 3.97. The Kier molecular flexibility index (Phi) is 3.83. The van der Waals surface area contributed by atoms with Crippen LogP contribution in [0.15, 0.2) is 48.7 Å². The van der Waals surface area contributed by atoms with E-state index in [0.29, 0.717) is 0 Å². The number of pyridine rings is 1. The van der Waals surface area contributed by atoms with Crippen LogP contribution in [0.2, 0.25) is 0 Å². The molecule has 1 aliphatic heterocycles. The molecular weight excluding hydrogens is 250 g/mol. The number of aliphatic hydroxyl groups is 1. The first-order valence-corrected chi connectivity index (χ1v) is 6.97. The molecule has 0 unspecified atom stereocenters. The van der Waals surface area contributed by atoms with Crippen molar-refractivity contribution in [1.82, 2.24) is 4.98 Å². The smallest absolute Gasteiger partial charge is 0.128 e. The molecule has 2 aromatic rings. The lowest BCUT2D eigenvalue weighted by Gasteiger charge is -2.36. The van der Waals surface area contributed by atoms with Crippen molar-refractivity contribution < 1.29 is 5.11 Å². The Labute approximate surface area is 119 Å². The second-order valence-electron chi connectivity index (χ2n) is 4.99. The number of hydrogen-bond acceptors (Lipinski definition) is 4. The van der Waals surface area contributed by atoms with Crippen LogP contribution < -0.4 is 9.80 Å². The van der Waals surface area contributed by atoms with Crippen LogP contribution >= 0.6 is 0 Å². The lowest BCUT2D eigenvalue weighted by molar-refractivity contribution is 0.281. The topological polar surface area (TPSA) is 39.6 Å². The van der Waals surface area contributed by atoms with Gasteiger partial charge in [-0.15, -0.1) is 0 Å². The molecule has 1 aromatic carbocycles. The van der Waals surface area contributed by atoms with Crippen molar-refractivity contribution in [3.8, 4) is 0 Å². The van der Waals surface area contributed by atoms with Crippen molar-refractivity contribution in [2.45, 2.75) is 6.61 Å². The molecule has 20 heavy (non-hydrogen) atoms. The molecule has 4 heteroatoms. The third-order valence-electron chi connectivity index (χ3n) is 3.72. The summed E-state index contributed by atoms with van der Waals surface area (Å²) in [7, 11) is 0. The molecule has 104 valence electrons. The van der Waals surface area contributed by atoms with Crippen molar-refractivity contribution in [3.05, 3.63) is 54.2 Å². The molecular formula is C16H19N3O. The SMILES string of the molecule is OCc1ccnc(N2CCN(c3ccccc3)CC2)c1. The van der Waals surface area contributed by atoms with E-state index >= 15 is 0 Å². The van der Waals surface area contributed by atoms with Crippen LogP contribution in [0.4, 0.5) is 11.5 Å².